The van der Waals surface area contributed by atoms with Crippen LogP contribution in [0.15, 0.2) is 48.9 Å². The van der Waals surface area contributed by atoms with Crippen LogP contribution in [0.2, 0.25) is 0 Å². The fourth-order valence-corrected chi connectivity index (χ4v) is 4.14. The minimum atomic E-state index is -0.768. The zero-order chi connectivity index (χ0) is 24.4. The highest BCUT2D eigenvalue weighted by Gasteiger charge is 2.23. The maximum Gasteiger partial charge on any atom is 0.213 e. The lowest BCUT2D eigenvalue weighted by atomic mass is 10.1. The van der Waals surface area contributed by atoms with E-state index in [4.69, 9.17) is 4.74 Å². The van der Waals surface area contributed by atoms with Crippen molar-refractivity contribution >= 4 is 17.0 Å². The van der Waals surface area contributed by atoms with Gasteiger partial charge in [0.25, 0.3) is 0 Å². The van der Waals surface area contributed by atoms with Crippen molar-refractivity contribution in [3.63, 3.8) is 0 Å². The highest BCUT2D eigenvalue weighted by atomic mass is 19.1. The van der Waals surface area contributed by atoms with E-state index in [2.05, 4.69) is 42.2 Å². The number of rotatable bonds is 7. The average Bonchev–Trinajstić information content (AvgIpc) is 3.31. The summed E-state index contributed by atoms with van der Waals surface area (Å²) < 4.78 is 21.3. The summed E-state index contributed by atoms with van der Waals surface area (Å²) in [5.41, 5.74) is 1.93. The highest BCUT2D eigenvalue weighted by molar-refractivity contribution is 5.78. The first-order chi connectivity index (χ1) is 17.0. The van der Waals surface area contributed by atoms with Gasteiger partial charge < -0.3 is 20.1 Å². The molecule has 0 spiro atoms. The number of β-amino-alcohol motifs (C(OH)–C–C–N with tert-alkyl or cyclic N) is 1. The van der Waals surface area contributed by atoms with Gasteiger partial charge in [0, 0.05) is 56.7 Å². The van der Waals surface area contributed by atoms with E-state index in [-0.39, 0.29) is 5.69 Å². The zero-order valence-electron chi connectivity index (χ0n) is 19.6. The second-order valence-electron chi connectivity index (χ2n) is 8.51. The zero-order valence-corrected chi connectivity index (χ0v) is 19.6. The molecule has 0 aromatic carbocycles. The maximum absolute atomic E-state index is 14.5. The van der Waals surface area contributed by atoms with Gasteiger partial charge in [-0.05, 0) is 25.2 Å². The van der Waals surface area contributed by atoms with E-state index in [0.717, 1.165) is 32.4 Å². The van der Waals surface area contributed by atoms with E-state index >= 15 is 0 Å². The molecule has 4 aromatic rings. The van der Waals surface area contributed by atoms with Crippen LogP contribution in [0.1, 0.15) is 11.7 Å². The van der Waals surface area contributed by atoms with Gasteiger partial charge in [-0.1, -0.05) is 6.07 Å². The van der Waals surface area contributed by atoms with Crippen LogP contribution in [-0.2, 0) is 0 Å². The first-order valence-corrected chi connectivity index (χ1v) is 11.4. The number of aliphatic hydroxyl groups is 1. The van der Waals surface area contributed by atoms with Gasteiger partial charge >= 0.3 is 0 Å². The Kier molecular flexibility index (Phi) is 6.53. The Morgan fingerprint density at radius 1 is 1.14 bits per heavy atom. The van der Waals surface area contributed by atoms with E-state index in [1.165, 1.54) is 19.4 Å². The number of halogens is 1. The molecule has 5 rings (SSSR count). The Morgan fingerprint density at radius 2 is 1.97 bits per heavy atom. The van der Waals surface area contributed by atoms with Crippen molar-refractivity contribution in [2.24, 2.45) is 0 Å². The summed E-state index contributed by atoms with van der Waals surface area (Å²) in [5.74, 6) is 0.583. The number of aliphatic hydroxyl groups excluding tert-OH is 1. The molecular weight excluding hydrogens is 451 g/mol. The molecule has 182 valence electrons. The number of hydrogen-bond acceptors (Lipinski definition) is 9. The number of aromatic nitrogens is 5. The van der Waals surface area contributed by atoms with Gasteiger partial charge in [0.05, 0.1) is 25.1 Å². The molecule has 1 saturated heterocycles. The second-order valence-corrected chi connectivity index (χ2v) is 8.51. The number of anilines is 2. The van der Waals surface area contributed by atoms with Crippen LogP contribution in [0.25, 0.3) is 17.0 Å². The van der Waals surface area contributed by atoms with Crippen LogP contribution in [-0.4, -0.2) is 86.4 Å². The topological polar surface area (TPSA) is 104 Å². The highest BCUT2D eigenvalue weighted by Crippen LogP contribution is 2.30. The first-order valence-electron chi connectivity index (χ1n) is 11.4. The third-order valence-electron chi connectivity index (χ3n) is 6.12. The van der Waals surface area contributed by atoms with Gasteiger partial charge in [-0.3, -0.25) is 9.88 Å². The second kappa shape index (κ2) is 9.90. The van der Waals surface area contributed by atoms with Gasteiger partial charge in [0.1, 0.15) is 11.2 Å². The summed E-state index contributed by atoms with van der Waals surface area (Å²) >= 11 is 0. The number of likely N-dealkylation sites (N-methyl/N-ethyl adjacent to an activating group) is 1. The number of methoxy groups -OCH3 is 1. The van der Waals surface area contributed by atoms with Crippen molar-refractivity contribution in [1.82, 2.24) is 34.4 Å². The van der Waals surface area contributed by atoms with Crippen LogP contribution in [0.5, 0.6) is 5.88 Å². The Morgan fingerprint density at radius 3 is 2.74 bits per heavy atom. The third kappa shape index (κ3) is 4.92. The summed E-state index contributed by atoms with van der Waals surface area (Å²) in [4.78, 5) is 17.4. The molecule has 0 saturated carbocycles. The van der Waals surface area contributed by atoms with Crippen molar-refractivity contribution < 1.29 is 14.2 Å². The summed E-state index contributed by atoms with van der Waals surface area (Å²) in [7, 11) is 3.63. The molecule has 0 amide bonds. The lowest BCUT2D eigenvalue weighted by Gasteiger charge is -2.33. The summed E-state index contributed by atoms with van der Waals surface area (Å²) in [6.07, 6.45) is 3.62. The molecule has 0 bridgehead atoms. The molecule has 1 unspecified atom stereocenters. The molecule has 0 radical (unpaired) electrons. The van der Waals surface area contributed by atoms with Gasteiger partial charge in [-0.2, -0.15) is 0 Å². The van der Waals surface area contributed by atoms with Gasteiger partial charge in [0.2, 0.25) is 11.7 Å². The van der Waals surface area contributed by atoms with Crippen LogP contribution in [0, 0.1) is 5.82 Å². The average molecular weight is 479 g/mol. The summed E-state index contributed by atoms with van der Waals surface area (Å²) in [6.45, 7) is 4.16. The molecule has 10 nitrogen and oxygen atoms in total. The number of ether oxygens (including phenoxy) is 1. The number of piperazine rings is 1. The predicted molar refractivity (Wildman–Crippen MR) is 129 cm³/mol. The minimum absolute atomic E-state index is 0.214. The molecule has 4 aromatic heterocycles. The fraction of sp³-hybridized carbons (Fsp3) is 0.333. The van der Waals surface area contributed by atoms with E-state index < -0.39 is 11.9 Å². The Balaban J connectivity index is 1.56. The number of nitrogens with one attached hydrogen (secondary N) is 1. The number of pyridine rings is 2. The molecule has 5 heterocycles. The quantitative estimate of drug-likeness (QED) is 0.414. The monoisotopic (exact) mass is 478 g/mol. The smallest absolute Gasteiger partial charge is 0.213 e. The van der Waals surface area contributed by atoms with Crippen molar-refractivity contribution in [3.8, 4) is 17.4 Å². The SMILES string of the molecule is COc1cccc(-c2nc(Nc3ccncc3F)c3c(C(O)CN4CCN(C)CC4)ccn3n2)n1. The predicted octanol–water partition coefficient (Wildman–Crippen LogP) is 2.36. The maximum atomic E-state index is 14.5. The van der Waals surface area contributed by atoms with E-state index in [0.29, 0.717) is 40.8 Å². The molecule has 1 aliphatic rings. The van der Waals surface area contributed by atoms with Crippen molar-refractivity contribution in [2.45, 2.75) is 6.10 Å². The molecule has 0 aliphatic carbocycles. The van der Waals surface area contributed by atoms with E-state index in [1.807, 2.05) is 6.07 Å². The molecule has 1 atom stereocenters. The molecule has 1 aliphatic heterocycles. The molecule has 35 heavy (non-hydrogen) atoms. The van der Waals surface area contributed by atoms with Crippen LogP contribution >= 0.6 is 0 Å². The van der Waals surface area contributed by atoms with Gasteiger partial charge in [0.15, 0.2) is 11.6 Å². The Hall–Kier alpha value is -3.67. The van der Waals surface area contributed by atoms with Crippen LogP contribution in [0.3, 0.4) is 0 Å². The summed E-state index contributed by atoms with van der Waals surface area (Å²) in [5, 5.41) is 18.8. The standard InChI is InChI=1S/C24H27FN8O2/c1-31-10-12-32(13-11-31)15-20(34)16-7-9-33-22(16)24(28-18-6-8-26-14-17(18)25)29-23(30-33)19-4-3-5-21(27-19)35-2/h3-9,14,20,34H,10-13,15H2,1-2H3,(H,26,28,29,30). The fourth-order valence-electron chi connectivity index (χ4n) is 4.14. The molecule has 2 N–H and O–H groups in total. The van der Waals surface area contributed by atoms with E-state index in [9.17, 15) is 9.50 Å². The Labute approximate surface area is 202 Å². The molecular formula is C24H27FN8O2. The lowest BCUT2D eigenvalue weighted by molar-refractivity contribution is 0.0813. The van der Waals surface area contributed by atoms with Crippen LogP contribution < -0.4 is 10.1 Å². The Bertz CT molecular complexity index is 1320. The van der Waals surface area contributed by atoms with Gasteiger partial charge in [-0.15, -0.1) is 5.10 Å². The number of nitrogens with zero attached hydrogens (tertiary/aromatic N) is 7. The van der Waals surface area contributed by atoms with E-state index in [1.54, 1.807) is 28.9 Å². The van der Waals surface area contributed by atoms with Crippen molar-refractivity contribution in [2.75, 3.05) is 52.2 Å². The number of hydrogen-bond donors (Lipinski definition) is 2. The largest absolute Gasteiger partial charge is 0.481 e. The molecule has 1 fully saturated rings. The molecule has 11 heteroatoms. The number of fused-ring (bicyclic) bond motifs is 1. The first kappa shape index (κ1) is 23.1. The van der Waals surface area contributed by atoms with Gasteiger partial charge in [-0.25, -0.2) is 18.9 Å². The third-order valence-corrected chi connectivity index (χ3v) is 6.12. The van der Waals surface area contributed by atoms with Crippen molar-refractivity contribution in [3.05, 3.63) is 60.3 Å². The lowest BCUT2D eigenvalue weighted by Crippen LogP contribution is -2.45. The van der Waals surface area contributed by atoms with Crippen LogP contribution in [0.4, 0.5) is 15.9 Å². The minimum Gasteiger partial charge on any atom is -0.481 e. The summed E-state index contributed by atoms with van der Waals surface area (Å²) in [6, 6.07) is 8.65. The normalized spacial score (nSPS) is 15.9. The van der Waals surface area contributed by atoms with Crippen molar-refractivity contribution in [1.29, 1.82) is 0 Å².